The number of primary amides is 1. The molecule has 1 amide bonds. The molecular formula is C8H10N2O3. The maximum absolute atomic E-state index is 10.6. The predicted octanol–water partition coefficient (Wildman–Crippen LogP) is 0.00640. The van der Waals surface area contributed by atoms with E-state index in [-0.39, 0.29) is 11.3 Å². The fraction of sp³-hybridized carbons (Fsp3) is 0.125. The second-order valence-electron chi connectivity index (χ2n) is 2.50. The van der Waals surface area contributed by atoms with E-state index in [4.69, 9.17) is 10.9 Å². The summed E-state index contributed by atoms with van der Waals surface area (Å²) in [5, 5.41) is 17.9. The zero-order valence-corrected chi connectivity index (χ0v) is 6.77. The van der Waals surface area contributed by atoms with Crippen molar-refractivity contribution >= 4 is 11.6 Å². The Hall–Kier alpha value is -1.59. The number of carbonyl (C=O) groups is 1. The van der Waals surface area contributed by atoms with Gasteiger partial charge in [0.25, 0.3) is 5.91 Å². The normalized spacial score (nSPS) is 12.2. The summed E-state index contributed by atoms with van der Waals surface area (Å²) in [4.78, 5) is 10.6. The average Bonchev–Trinajstić information content (AvgIpc) is 2.16. The van der Waals surface area contributed by atoms with Crippen molar-refractivity contribution < 1.29 is 15.1 Å². The number of benzene rings is 1. The van der Waals surface area contributed by atoms with Gasteiger partial charge in [-0.15, -0.1) is 0 Å². The highest BCUT2D eigenvalue weighted by atomic mass is 16.5. The van der Waals surface area contributed by atoms with E-state index in [1.807, 2.05) is 5.48 Å². The Labute approximate surface area is 74.8 Å². The minimum absolute atomic E-state index is 0.248. The molecular weight excluding hydrogens is 172 g/mol. The van der Waals surface area contributed by atoms with Gasteiger partial charge in [-0.3, -0.25) is 15.5 Å². The zero-order chi connectivity index (χ0) is 9.84. The summed E-state index contributed by atoms with van der Waals surface area (Å²) in [6.07, 6.45) is -1.41. The summed E-state index contributed by atoms with van der Waals surface area (Å²) >= 11 is 0. The van der Waals surface area contributed by atoms with Crippen LogP contribution in [0.4, 0.5) is 5.69 Å². The topological polar surface area (TPSA) is 95.6 Å². The van der Waals surface area contributed by atoms with E-state index in [0.717, 1.165) is 0 Å². The number of aliphatic hydroxyl groups is 1. The summed E-state index contributed by atoms with van der Waals surface area (Å²) in [5.74, 6) is -0.859. The maximum atomic E-state index is 10.6. The van der Waals surface area contributed by atoms with Gasteiger partial charge in [0.1, 0.15) is 0 Å². The number of nitrogens with one attached hydrogen (secondary N) is 1. The van der Waals surface area contributed by atoms with Crippen LogP contribution in [-0.2, 0) is 4.79 Å². The highest BCUT2D eigenvalue weighted by Crippen LogP contribution is 2.21. The van der Waals surface area contributed by atoms with E-state index in [9.17, 15) is 9.90 Å². The molecule has 1 unspecified atom stereocenters. The van der Waals surface area contributed by atoms with E-state index < -0.39 is 12.0 Å². The van der Waals surface area contributed by atoms with Crippen molar-refractivity contribution in [1.82, 2.24) is 0 Å². The first kappa shape index (κ1) is 9.50. The highest BCUT2D eigenvalue weighted by Gasteiger charge is 2.16. The van der Waals surface area contributed by atoms with Crippen LogP contribution in [0.1, 0.15) is 11.7 Å². The third-order valence-corrected chi connectivity index (χ3v) is 1.65. The lowest BCUT2D eigenvalue weighted by molar-refractivity contribution is -0.126. The number of nitrogens with two attached hydrogens (primary N) is 1. The molecule has 0 aliphatic carbocycles. The molecule has 0 bridgehead atoms. The molecule has 1 aromatic carbocycles. The van der Waals surface area contributed by atoms with Crippen LogP contribution >= 0.6 is 0 Å². The van der Waals surface area contributed by atoms with Gasteiger partial charge in [-0.2, -0.15) is 0 Å². The van der Waals surface area contributed by atoms with Crippen LogP contribution < -0.4 is 11.2 Å². The van der Waals surface area contributed by atoms with Crippen molar-refractivity contribution in [3.63, 3.8) is 0 Å². The minimum atomic E-state index is -1.41. The van der Waals surface area contributed by atoms with Gasteiger partial charge in [0.15, 0.2) is 6.10 Å². The second kappa shape index (κ2) is 3.88. The third-order valence-electron chi connectivity index (χ3n) is 1.65. The summed E-state index contributed by atoms with van der Waals surface area (Å²) in [6, 6.07) is 6.29. The van der Waals surface area contributed by atoms with E-state index in [0.29, 0.717) is 0 Å². The Morgan fingerprint density at radius 1 is 1.46 bits per heavy atom. The fourth-order valence-corrected chi connectivity index (χ4v) is 0.991. The van der Waals surface area contributed by atoms with Gasteiger partial charge in [0, 0.05) is 5.56 Å². The van der Waals surface area contributed by atoms with Crippen LogP contribution in [0, 0.1) is 0 Å². The first-order valence-electron chi connectivity index (χ1n) is 3.63. The Morgan fingerprint density at radius 2 is 2.08 bits per heavy atom. The molecule has 0 heterocycles. The van der Waals surface area contributed by atoms with Crippen LogP contribution in [0.25, 0.3) is 0 Å². The molecule has 0 aliphatic heterocycles. The third kappa shape index (κ3) is 1.95. The van der Waals surface area contributed by atoms with Crippen molar-refractivity contribution in [3.05, 3.63) is 29.8 Å². The van der Waals surface area contributed by atoms with Gasteiger partial charge in [0.2, 0.25) is 0 Å². The summed E-state index contributed by atoms with van der Waals surface area (Å²) in [5.41, 5.74) is 7.26. The molecule has 1 rings (SSSR count). The predicted molar refractivity (Wildman–Crippen MR) is 46.0 cm³/mol. The molecule has 0 aliphatic rings. The quantitative estimate of drug-likeness (QED) is 0.495. The molecule has 5 heteroatoms. The number of hydrogen-bond donors (Lipinski definition) is 4. The number of rotatable bonds is 3. The first-order valence-corrected chi connectivity index (χ1v) is 3.63. The molecule has 1 aromatic rings. The SMILES string of the molecule is NC(=O)C(O)c1ccccc1NO. The number of anilines is 1. The smallest absolute Gasteiger partial charge is 0.250 e. The summed E-state index contributed by atoms with van der Waals surface area (Å²) in [6.45, 7) is 0. The average molecular weight is 182 g/mol. The Morgan fingerprint density at radius 3 is 2.62 bits per heavy atom. The molecule has 1 atom stereocenters. The van der Waals surface area contributed by atoms with Crippen molar-refractivity contribution in [2.24, 2.45) is 5.73 Å². The van der Waals surface area contributed by atoms with E-state index >= 15 is 0 Å². The van der Waals surface area contributed by atoms with Gasteiger partial charge < -0.3 is 10.8 Å². The molecule has 0 spiro atoms. The molecule has 0 saturated carbocycles. The number of aliphatic hydroxyl groups excluding tert-OH is 1. The Kier molecular flexibility index (Phi) is 2.84. The lowest BCUT2D eigenvalue weighted by Crippen LogP contribution is -2.21. The van der Waals surface area contributed by atoms with Crippen LogP contribution in [-0.4, -0.2) is 16.2 Å². The lowest BCUT2D eigenvalue weighted by Gasteiger charge is -2.10. The molecule has 0 aromatic heterocycles. The molecule has 0 radical (unpaired) electrons. The zero-order valence-electron chi connectivity index (χ0n) is 6.77. The molecule has 5 nitrogen and oxygen atoms in total. The van der Waals surface area contributed by atoms with E-state index in [2.05, 4.69) is 0 Å². The highest BCUT2D eigenvalue weighted by molar-refractivity contribution is 5.82. The fourth-order valence-electron chi connectivity index (χ4n) is 0.991. The summed E-state index contributed by atoms with van der Waals surface area (Å²) < 4.78 is 0. The van der Waals surface area contributed by atoms with Gasteiger partial charge >= 0.3 is 0 Å². The summed E-state index contributed by atoms with van der Waals surface area (Å²) in [7, 11) is 0. The van der Waals surface area contributed by atoms with Gasteiger partial charge in [0.05, 0.1) is 5.69 Å². The second-order valence-corrected chi connectivity index (χ2v) is 2.50. The van der Waals surface area contributed by atoms with Crippen LogP contribution in [0.15, 0.2) is 24.3 Å². The van der Waals surface area contributed by atoms with E-state index in [1.165, 1.54) is 12.1 Å². The lowest BCUT2D eigenvalue weighted by atomic mass is 10.1. The first-order chi connectivity index (χ1) is 6.16. The molecule has 0 saturated heterocycles. The van der Waals surface area contributed by atoms with Crippen LogP contribution in [0.3, 0.4) is 0 Å². The van der Waals surface area contributed by atoms with Gasteiger partial charge in [-0.25, -0.2) is 0 Å². The molecule has 13 heavy (non-hydrogen) atoms. The van der Waals surface area contributed by atoms with Crippen LogP contribution in [0.2, 0.25) is 0 Å². The maximum Gasteiger partial charge on any atom is 0.250 e. The van der Waals surface area contributed by atoms with Crippen molar-refractivity contribution in [2.45, 2.75) is 6.10 Å². The Balaban J connectivity index is 3.05. The van der Waals surface area contributed by atoms with E-state index in [1.54, 1.807) is 12.1 Å². The largest absolute Gasteiger partial charge is 0.378 e. The number of carbonyl (C=O) groups excluding carboxylic acids is 1. The number of amides is 1. The number of hydrogen-bond acceptors (Lipinski definition) is 4. The van der Waals surface area contributed by atoms with Crippen molar-refractivity contribution in [3.8, 4) is 0 Å². The van der Waals surface area contributed by atoms with Crippen molar-refractivity contribution in [2.75, 3.05) is 5.48 Å². The standard InChI is InChI=1S/C8H10N2O3/c9-8(12)7(11)5-3-1-2-4-6(5)10-13/h1-4,7,10-11,13H,(H2,9,12). The minimum Gasteiger partial charge on any atom is -0.378 e. The molecule has 5 N–H and O–H groups in total. The van der Waals surface area contributed by atoms with Crippen molar-refractivity contribution in [1.29, 1.82) is 0 Å². The molecule has 0 fully saturated rings. The molecule has 70 valence electrons. The van der Waals surface area contributed by atoms with Gasteiger partial charge in [-0.1, -0.05) is 18.2 Å². The monoisotopic (exact) mass is 182 g/mol. The van der Waals surface area contributed by atoms with Crippen LogP contribution in [0.5, 0.6) is 0 Å². The Bertz CT molecular complexity index is 314. The number of para-hydroxylation sites is 1. The van der Waals surface area contributed by atoms with Gasteiger partial charge in [-0.05, 0) is 6.07 Å².